The molecular weight excluding hydrogens is 301 g/mol. The van der Waals surface area contributed by atoms with Gasteiger partial charge in [-0.1, -0.05) is 12.1 Å². The number of phenolic OH excluding ortho intramolecular Hbond substituents is 1. The van der Waals surface area contributed by atoms with Crippen LogP contribution in [0.2, 0.25) is 0 Å². The van der Waals surface area contributed by atoms with Gasteiger partial charge in [-0.2, -0.15) is 13.2 Å². The van der Waals surface area contributed by atoms with E-state index >= 15 is 0 Å². The lowest BCUT2D eigenvalue weighted by molar-refractivity contribution is -0.137. The van der Waals surface area contributed by atoms with Crippen LogP contribution in [0.25, 0.3) is 0 Å². The summed E-state index contributed by atoms with van der Waals surface area (Å²) >= 11 is 1.27. The van der Waals surface area contributed by atoms with Gasteiger partial charge in [0.15, 0.2) is 0 Å². The first-order valence-electron chi connectivity index (χ1n) is 6.06. The molecule has 112 valence electrons. The molecule has 0 aliphatic heterocycles. The third kappa shape index (κ3) is 4.07. The number of thioether (sulfide) groups is 1. The lowest BCUT2D eigenvalue weighted by Crippen LogP contribution is -2.04. The van der Waals surface area contributed by atoms with Crippen molar-refractivity contribution in [2.24, 2.45) is 0 Å². The van der Waals surface area contributed by atoms with Crippen LogP contribution < -0.4 is 4.74 Å². The fourth-order valence-corrected chi connectivity index (χ4v) is 2.58. The summed E-state index contributed by atoms with van der Waals surface area (Å²) < 4.78 is 42.5. The number of alkyl halides is 3. The largest absolute Gasteiger partial charge is 0.507 e. The Morgan fingerprint density at radius 3 is 2.29 bits per heavy atom. The summed E-state index contributed by atoms with van der Waals surface area (Å²) in [5.41, 5.74) is 0.133. The Kier molecular flexibility index (Phi) is 4.67. The maximum absolute atomic E-state index is 12.5. The molecule has 0 aromatic heterocycles. The van der Waals surface area contributed by atoms with Gasteiger partial charge >= 0.3 is 6.18 Å². The van der Waals surface area contributed by atoms with Crippen molar-refractivity contribution in [1.29, 1.82) is 0 Å². The van der Waals surface area contributed by atoms with Crippen LogP contribution in [0.5, 0.6) is 11.5 Å². The fraction of sp³-hybridized carbons (Fsp3) is 0.200. The minimum atomic E-state index is -4.45. The molecule has 2 aromatic carbocycles. The van der Waals surface area contributed by atoms with E-state index in [9.17, 15) is 18.3 Å². The first kappa shape index (κ1) is 15.6. The van der Waals surface area contributed by atoms with Gasteiger partial charge in [-0.15, -0.1) is 11.8 Å². The van der Waals surface area contributed by atoms with Crippen molar-refractivity contribution in [3.63, 3.8) is 0 Å². The average Bonchev–Trinajstić information content (AvgIpc) is 2.45. The number of benzene rings is 2. The molecule has 0 amide bonds. The number of hydrogen-bond donors (Lipinski definition) is 1. The van der Waals surface area contributed by atoms with Crippen LogP contribution in [0, 0.1) is 0 Å². The maximum atomic E-state index is 12.5. The van der Waals surface area contributed by atoms with Gasteiger partial charge < -0.3 is 9.84 Å². The van der Waals surface area contributed by atoms with E-state index in [1.165, 1.54) is 17.8 Å². The first-order chi connectivity index (χ1) is 9.90. The topological polar surface area (TPSA) is 29.5 Å². The quantitative estimate of drug-likeness (QED) is 0.829. The van der Waals surface area contributed by atoms with Crippen molar-refractivity contribution >= 4 is 11.8 Å². The van der Waals surface area contributed by atoms with Crippen molar-refractivity contribution in [3.8, 4) is 11.5 Å². The molecule has 1 N–H and O–H groups in total. The molecule has 0 unspecified atom stereocenters. The van der Waals surface area contributed by atoms with Gasteiger partial charge in [-0.3, -0.25) is 0 Å². The molecule has 6 heteroatoms. The molecule has 0 spiro atoms. The number of phenols is 1. The minimum absolute atomic E-state index is 0.358. The van der Waals surface area contributed by atoms with E-state index in [1.807, 2.05) is 24.3 Å². The Labute approximate surface area is 124 Å². The number of aromatic hydroxyl groups is 1. The zero-order valence-electron chi connectivity index (χ0n) is 11.1. The minimum Gasteiger partial charge on any atom is -0.507 e. The second-order valence-corrected chi connectivity index (χ2v) is 5.33. The Bertz CT molecular complexity index is 609. The molecule has 21 heavy (non-hydrogen) atoms. The van der Waals surface area contributed by atoms with Crippen LogP contribution in [-0.4, -0.2) is 12.2 Å². The highest BCUT2D eigenvalue weighted by Gasteiger charge is 2.31. The van der Waals surface area contributed by atoms with Crippen molar-refractivity contribution in [2.45, 2.75) is 16.8 Å². The Morgan fingerprint density at radius 2 is 1.76 bits per heavy atom. The molecular formula is C15H13F3O2S. The summed E-state index contributed by atoms with van der Waals surface area (Å²) in [6.07, 6.45) is -4.45. The van der Waals surface area contributed by atoms with Gasteiger partial charge in [0.25, 0.3) is 0 Å². The number of halogens is 3. The standard InChI is InChI=1S/C15H13F3O2S/c1-20-12-5-2-10(3-6-12)9-21-14-7-4-11(8-13(14)19)15(16,17)18/h2-8,19H,9H2,1H3. The molecule has 0 aliphatic rings. The van der Waals surface area contributed by atoms with Crippen molar-refractivity contribution in [1.82, 2.24) is 0 Å². The molecule has 0 heterocycles. The van der Waals surface area contributed by atoms with Gasteiger partial charge in [0, 0.05) is 10.6 Å². The van der Waals surface area contributed by atoms with E-state index in [1.54, 1.807) is 7.11 Å². The Morgan fingerprint density at radius 1 is 1.10 bits per heavy atom. The number of methoxy groups -OCH3 is 1. The molecule has 0 saturated carbocycles. The first-order valence-corrected chi connectivity index (χ1v) is 7.04. The van der Waals surface area contributed by atoms with E-state index < -0.39 is 11.7 Å². The zero-order chi connectivity index (χ0) is 15.5. The molecule has 0 radical (unpaired) electrons. The predicted octanol–water partition coefficient (Wildman–Crippen LogP) is 4.71. The van der Waals surface area contributed by atoms with Crippen molar-refractivity contribution < 1.29 is 23.0 Å². The fourth-order valence-electron chi connectivity index (χ4n) is 1.70. The van der Waals surface area contributed by atoms with E-state index in [4.69, 9.17) is 4.74 Å². The summed E-state index contributed by atoms with van der Waals surface area (Å²) in [6, 6.07) is 10.4. The van der Waals surface area contributed by atoms with Gasteiger partial charge in [-0.25, -0.2) is 0 Å². The van der Waals surface area contributed by atoms with E-state index in [0.717, 1.165) is 23.4 Å². The summed E-state index contributed by atoms with van der Waals surface area (Å²) in [5, 5.41) is 9.67. The van der Waals surface area contributed by atoms with Gasteiger partial charge in [0.05, 0.1) is 12.7 Å². The van der Waals surface area contributed by atoms with E-state index in [2.05, 4.69) is 0 Å². The highest BCUT2D eigenvalue weighted by Crippen LogP contribution is 2.37. The molecule has 2 rings (SSSR count). The van der Waals surface area contributed by atoms with E-state index in [0.29, 0.717) is 10.6 Å². The summed E-state index contributed by atoms with van der Waals surface area (Å²) in [7, 11) is 1.57. The smallest absolute Gasteiger partial charge is 0.416 e. The normalized spacial score (nSPS) is 11.4. The summed E-state index contributed by atoms with van der Waals surface area (Å²) in [6.45, 7) is 0. The SMILES string of the molecule is COc1ccc(CSc2ccc(C(F)(F)F)cc2O)cc1. The van der Waals surface area contributed by atoms with E-state index in [-0.39, 0.29) is 5.75 Å². The maximum Gasteiger partial charge on any atom is 0.416 e. The predicted molar refractivity (Wildman–Crippen MR) is 75.7 cm³/mol. The molecule has 0 aliphatic carbocycles. The lowest BCUT2D eigenvalue weighted by atomic mass is 10.2. The van der Waals surface area contributed by atoms with Gasteiger partial charge in [-0.05, 0) is 35.9 Å². The highest BCUT2D eigenvalue weighted by atomic mass is 32.2. The monoisotopic (exact) mass is 314 g/mol. The lowest BCUT2D eigenvalue weighted by Gasteiger charge is -2.10. The van der Waals surface area contributed by atoms with Gasteiger partial charge in [0.1, 0.15) is 11.5 Å². The Balaban J connectivity index is 2.06. The number of ether oxygens (including phenoxy) is 1. The van der Waals surface area contributed by atoms with Crippen LogP contribution in [0.3, 0.4) is 0 Å². The second kappa shape index (κ2) is 6.30. The summed E-state index contributed by atoms with van der Waals surface area (Å²) in [4.78, 5) is 0.416. The van der Waals surface area contributed by atoms with Crippen LogP contribution in [0.4, 0.5) is 13.2 Å². The van der Waals surface area contributed by atoms with Gasteiger partial charge in [0.2, 0.25) is 0 Å². The van der Waals surface area contributed by atoms with Crippen LogP contribution in [-0.2, 0) is 11.9 Å². The Hall–Kier alpha value is -1.82. The second-order valence-electron chi connectivity index (χ2n) is 4.32. The number of rotatable bonds is 4. The average molecular weight is 314 g/mol. The number of hydrogen-bond acceptors (Lipinski definition) is 3. The van der Waals surface area contributed by atoms with Crippen LogP contribution >= 0.6 is 11.8 Å². The molecule has 2 nitrogen and oxygen atoms in total. The molecule has 2 aromatic rings. The third-order valence-electron chi connectivity index (χ3n) is 2.84. The third-order valence-corrected chi connectivity index (χ3v) is 3.97. The molecule has 0 fully saturated rings. The van der Waals surface area contributed by atoms with Crippen LogP contribution in [0.1, 0.15) is 11.1 Å². The molecule has 0 saturated heterocycles. The zero-order valence-corrected chi connectivity index (χ0v) is 12.0. The highest BCUT2D eigenvalue weighted by molar-refractivity contribution is 7.98. The molecule has 0 atom stereocenters. The molecule has 0 bridgehead atoms. The van der Waals surface area contributed by atoms with Crippen LogP contribution in [0.15, 0.2) is 47.4 Å². The van der Waals surface area contributed by atoms with Crippen molar-refractivity contribution in [2.75, 3.05) is 7.11 Å². The van der Waals surface area contributed by atoms with Crippen molar-refractivity contribution in [3.05, 3.63) is 53.6 Å². The summed E-state index contributed by atoms with van der Waals surface area (Å²) in [5.74, 6) is 0.924.